The Hall–Kier alpha value is -3.85. The quantitative estimate of drug-likeness (QED) is 0.344. The Kier molecular flexibility index (Phi) is 5.64. The molecule has 0 amide bonds. The Balaban J connectivity index is 1.50. The number of ether oxygens (including phenoxy) is 2. The molecular formula is C27H27FN6O2. The average Bonchev–Trinajstić information content (AvgIpc) is 3.50. The molecule has 8 nitrogen and oxygen atoms in total. The molecule has 0 atom stereocenters. The van der Waals surface area contributed by atoms with Gasteiger partial charge in [0.1, 0.15) is 22.7 Å². The molecule has 2 aromatic carbocycles. The molecule has 0 spiro atoms. The topological polar surface area (TPSA) is 79.9 Å². The van der Waals surface area contributed by atoms with Gasteiger partial charge in [0.15, 0.2) is 11.4 Å². The van der Waals surface area contributed by atoms with Crippen LogP contribution in [0.15, 0.2) is 42.9 Å². The van der Waals surface area contributed by atoms with Crippen LogP contribution in [0.4, 0.5) is 4.39 Å². The molecule has 0 radical (unpaired) electrons. The third-order valence-corrected chi connectivity index (χ3v) is 7.14. The van der Waals surface area contributed by atoms with Crippen molar-refractivity contribution in [3.8, 4) is 28.0 Å². The predicted molar refractivity (Wildman–Crippen MR) is 135 cm³/mol. The first-order valence-electron chi connectivity index (χ1n) is 12.2. The number of fused-ring (bicyclic) bond motifs is 2. The number of aromatic nitrogens is 6. The van der Waals surface area contributed by atoms with Gasteiger partial charge >= 0.3 is 0 Å². The number of imidazole rings is 2. The minimum Gasteiger partial charge on any atom is -0.494 e. The van der Waals surface area contributed by atoms with E-state index in [9.17, 15) is 0 Å². The number of rotatable bonds is 5. The molecule has 1 saturated heterocycles. The molecule has 1 aliphatic rings. The minimum absolute atomic E-state index is 0.328. The van der Waals surface area contributed by atoms with E-state index >= 15 is 4.39 Å². The lowest BCUT2D eigenvalue weighted by molar-refractivity contribution is 0.0831. The zero-order valence-electron chi connectivity index (χ0n) is 20.5. The van der Waals surface area contributed by atoms with Crippen LogP contribution < -0.4 is 4.74 Å². The van der Waals surface area contributed by atoms with E-state index < -0.39 is 0 Å². The number of halogens is 1. The molecule has 1 fully saturated rings. The Bertz CT molecular complexity index is 1580. The van der Waals surface area contributed by atoms with Crippen LogP contribution in [0.5, 0.6) is 5.75 Å². The number of methoxy groups -OCH3 is 1. The molecule has 0 bridgehead atoms. The first-order valence-corrected chi connectivity index (χ1v) is 12.2. The van der Waals surface area contributed by atoms with E-state index in [1.165, 1.54) is 6.07 Å². The van der Waals surface area contributed by atoms with Crippen molar-refractivity contribution in [3.05, 3.63) is 54.5 Å². The van der Waals surface area contributed by atoms with E-state index in [1.807, 2.05) is 36.7 Å². The summed E-state index contributed by atoms with van der Waals surface area (Å²) in [4.78, 5) is 9.53. The molecule has 0 aliphatic carbocycles. The van der Waals surface area contributed by atoms with E-state index in [1.54, 1.807) is 25.7 Å². The van der Waals surface area contributed by atoms with Crippen molar-refractivity contribution in [3.63, 3.8) is 0 Å². The highest BCUT2D eigenvalue weighted by Crippen LogP contribution is 2.41. The van der Waals surface area contributed by atoms with Crippen molar-refractivity contribution in [1.29, 1.82) is 0 Å². The Labute approximate surface area is 207 Å². The summed E-state index contributed by atoms with van der Waals surface area (Å²) < 4.78 is 30.7. The summed E-state index contributed by atoms with van der Waals surface area (Å²) in [6, 6.07) is 8.94. The van der Waals surface area contributed by atoms with Gasteiger partial charge in [0.05, 0.1) is 25.2 Å². The van der Waals surface area contributed by atoms with Crippen molar-refractivity contribution in [2.24, 2.45) is 7.05 Å². The summed E-state index contributed by atoms with van der Waals surface area (Å²) in [6.45, 7) is 4.24. The number of aryl methyl sites for hydroxylation is 2. The van der Waals surface area contributed by atoms with E-state index in [-0.39, 0.29) is 5.82 Å². The van der Waals surface area contributed by atoms with E-state index in [0.29, 0.717) is 28.4 Å². The molecule has 6 rings (SSSR count). The second-order valence-electron chi connectivity index (χ2n) is 9.09. The second-order valence-corrected chi connectivity index (χ2v) is 9.09. The van der Waals surface area contributed by atoms with Gasteiger partial charge < -0.3 is 18.6 Å². The van der Waals surface area contributed by atoms with Gasteiger partial charge in [-0.3, -0.25) is 0 Å². The summed E-state index contributed by atoms with van der Waals surface area (Å²) in [5, 5.41) is 8.42. The first kappa shape index (κ1) is 22.6. The van der Waals surface area contributed by atoms with Gasteiger partial charge in [-0.2, -0.15) is 5.10 Å². The monoisotopic (exact) mass is 486 g/mol. The average molecular weight is 487 g/mol. The summed E-state index contributed by atoms with van der Waals surface area (Å²) in [5.74, 6) is 1.56. The van der Waals surface area contributed by atoms with Gasteiger partial charge in [-0.15, -0.1) is 5.10 Å². The van der Waals surface area contributed by atoms with E-state index in [2.05, 4.69) is 19.7 Å². The maximum absolute atomic E-state index is 15.3. The van der Waals surface area contributed by atoms with Crippen LogP contribution in [-0.4, -0.2) is 49.6 Å². The van der Waals surface area contributed by atoms with E-state index in [4.69, 9.17) is 14.5 Å². The van der Waals surface area contributed by atoms with Crippen LogP contribution in [0.2, 0.25) is 0 Å². The van der Waals surface area contributed by atoms with Crippen molar-refractivity contribution >= 4 is 22.2 Å². The fourth-order valence-electron chi connectivity index (χ4n) is 5.21. The summed E-state index contributed by atoms with van der Waals surface area (Å²) in [5.41, 5.74) is 5.82. The maximum atomic E-state index is 15.3. The van der Waals surface area contributed by atoms with Crippen LogP contribution >= 0.6 is 0 Å². The summed E-state index contributed by atoms with van der Waals surface area (Å²) in [6.07, 6.45) is 5.30. The standard InChI is InChI=1S/C27H27FN6O2/c1-4-34-15-29-23-20(14-30-32-27(23)34)17-5-7-21(28)19(13-17)18-6-8-22-24(25(18)35-3)31-26(33(22)2)16-9-11-36-12-10-16/h5-8,13-16H,4,9-12H2,1-3H3. The second kappa shape index (κ2) is 8.98. The zero-order valence-corrected chi connectivity index (χ0v) is 20.5. The minimum atomic E-state index is -0.339. The Morgan fingerprint density at radius 1 is 1.08 bits per heavy atom. The highest BCUT2D eigenvalue weighted by molar-refractivity contribution is 5.94. The molecule has 9 heteroatoms. The molecule has 0 N–H and O–H groups in total. The molecule has 0 saturated carbocycles. The molecule has 3 aromatic heterocycles. The molecular weight excluding hydrogens is 459 g/mol. The third kappa shape index (κ3) is 3.53. The smallest absolute Gasteiger partial charge is 0.183 e. The summed E-state index contributed by atoms with van der Waals surface area (Å²) in [7, 11) is 3.63. The van der Waals surface area contributed by atoms with Gasteiger partial charge in [0.25, 0.3) is 0 Å². The SMILES string of the molecule is CCn1cnc2c(-c3ccc(F)c(-c4ccc5c(nc(C6CCOCC6)n5C)c4OC)c3)cnnc21. The fourth-order valence-corrected chi connectivity index (χ4v) is 5.21. The number of benzene rings is 2. The number of hydrogen-bond acceptors (Lipinski definition) is 6. The molecule has 184 valence electrons. The van der Waals surface area contributed by atoms with Gasteiger partial charge in [0, 0.05) is 49.4 Å². The fraction of sp³-hybridized carbons (Fsp3) is 0.333. The maximum Gasteiger partial charge on any atom is 0.183 e. The van der Waals surface area contributed by atoms with Crippen molar-refractivity contribution in [2.75, 3.05) is 20.3 Å². The lowest BCUT2D eigenvalue weighted by atomic mass is 9.98. The summed E-state index contributed by atoms with van der Waals surface area (Å²) >= 11 is 0. The van der Waals surface area contributed by atoms with Crippen LogP contribution in [0, 0.1) is 5.82 Å². The highest BCUT2D eigenvalue weighted by atomic mass is 19.1. The van der Waals surface area contributed by atoms with Crippen LogP contribution in [0.3, 0.4) is 0 Å². The Morgan fingerprint density at radius 2 is 1.92 bits per heavy atom. The molecule has 4 heterocycles. The van der Waals surface area contributed by atoms with Crippen molar-refractivity contribution in [2.45, 2.75) is 32.2 Å². The number of hydrogen-bond donors (Lipinski definition) is 0. The van der Waals surface area contributed by atoms with Crippen LogP contribution in [0.25, 0.3) is 44.5 Å². The normalized spacial score (nSPS) is 14.7. The first-order chi connectivity index (χ1) is 17.6. The van der Waals surface area contributed by atoms with Gasteiger partial charge in [-0.05, 0) is 49.6 Å². The van der Waals surface area contributed by atoms with Crippen molar-refractivity contribution < 1.29 is 13.9 Å². The number of nitrogens with zero attached hydrogens (tertiary/aromatic N) is 6. The van der Waals surface area contributed by atoms with Crippen LogP contribution in [-0.2, 0) is 18.3 Å². The van der Waals surface area contributed by atoms with Gasteiger partial charge in [-0.25, -0.2) is 14.4 Å². The molecule has 5 aromatic rings. The molecule has 0 unspecified atom stereocenters. The van der Waals surface area contributed by atoms with Crippen LogP contribution in [0.1, 0.15) is 31.5 Å². The largest absolute Gasteiger partial charge is 0.494 e. The zero-order chi connectivity index (χ0) is 24.8. The lowest BCUT2D eigenvalue weighted by Gasteiger charge is -2.21. The molecule has 36 heavy (non-hydrogen) atoms. The lowest BCUT2D eigenvalue weighted by Crippen LogP contribution is -2.17. The predicted octanol–water partition coefficient (Wildman–Crippen LogP) is 5.11. The van der Waals surface area contributed by atoms with Gasteiger partial charge in [-0.1, -0.05) is 6.07 Å². The van der Waals surface area contributed by atoms with E-state index in [0.717, 1.165) is 66.1 Å². The third-order valence-electron chi connectivity index (χ3n) is 7.14. The Morgan fingerprint density at radius 3 is 2.69 bits per heavy atom. The van der Waals surface area contributed by atoms with Gasteiger partial charge in [0.2, 0.25) is 0 Å². The van der Waals surface area contributed by atoms with Crippen molar-refractivity contribution in [1.82, 2.24) is 29.3 Å². The molecule has 1 aliphatic heterocycles. The highest BCUT2D eigenvalue weighted by Gasteiger charge is 2.25.